The summed E-state index contributed by atoms with van der Waals surface area (Å²) in [5, 5.41) is 2.68. The predicted octanol–water partition coefficient (Wildman–Crippen LogP) is 8.72. The van der Waals surface area contributed by atoms with E-state index in [4.69, 9.17) is 23.4 Å². The van der Waals surface area contributed by atoms with Crippen LogP contribution in [0.4, 0.5) is 4.79 Å². The fourth-order valence-corrected chi connectivity index (χ4v) is 11.8. The molecule has 0 bridgehead atoms. The SMILES string of the molecule is CCCCOC[C@H](NC(=O)OC(C)(C)C)C(=O)O[C@@H](C)[C@H](OCC(C)C)[C@H](CO[Si](C(C)C)(C(C)C)C(C)C)Cc1ccccc1. The van der Waals surface area contributed by atoms with E-state index < -0.39 is 44.2 Å². The van der Waals surface area contributed by atoms with E-state index in [1.165, 1.54) is 5.56 Å². The molecule has 266 valence electrons. The second kappa shape index (κ2) is 20.4. The number of alkyl carbamates (subject to hydrolysis) is 1. The number of hydrogen-bond donors (Lipinski definition) is 1. The Morgan fingerprint density at radius 3 is 1.93 bits per heavy atom. The number of ether oxygens (including phenoxy) is 4. The summed E-state index contributed by atoms with van der Waals surface area (Å²) in [5.74, 6) is -0.375. The first-order valence-electron chi connectivity index (χ1n) is 17.5. The molecule has 4 atom stereocenters. The van der Waals surface area contributed by atoms with Crippen LogP contribution in [0.3, 0.4) is 0 Å². The molecule has 1 rings (SSSR count). The Morgan fingerprint density at radius 1 is 0.848 bits per heavy atom. The fraction of sp³-hybridized carbons (Fsp3) is 0.784. The van der Waals surface area contributed by atoms with Crippen molar-refractivity contribution in [2.45, 2.75) is 150 Å². The Balaban J connectivity index is 3.41. The molecule has 8 nitrogen and oxygen atoms in total. The molecule has 1 aromatic carbocycles. The zero-order valence-corrected chi connectivity index (χ0v) is 32.3. The molecule has 0 fully saturated rings. The number of amides is 1. The number of rotatable bonds is 21. The molecule has 1 amide bonds. The Morgan fingerprint density at radius 2 is 1.43 bits per heavy atom. The van der Waals surface area contributed by atoms with Crippen LogP contribution < -0.4 is 5.32 Å². The normalized spacial score (nSPS) is 15.2. The van der Waals surface area contributed by atoms with Crippen LogP contribution >= 0.6 is 0 Å². The largest absolute Gasteiger partial charge is 0.458 e. The summed E-state index contributed by atoms with van der Waals surface area (Å²) in [6.07, 6.45) is 0.777. The van der Waals surface area contributed by atoms with Crippen molar-refractivity contribution in [3.8, 4) is 0 Å². The molecule has 1 aromatic rings. The predicted molar refractivity (Wildman–Crippen MR) is 190 cm³/mol. The van der Waals surface area contributed by atoms with Crippen LogP contribution in [0.2, 0.25) is 16.6 Å². The molecule has 0 aliphatic carbocycles. The van der Waals surface area contributed by atoms with Crippen LogP contribution in [0.15, 0.2) is 30.3 Å². The number of carbonyl (C=O) groups excluding carboxylic acids is 2. The monoisotopic (exact) mass is 665 g/mol. The molecule has 0 saturated heterocycles. The van der Waals surface area contributed by atoms with E-state index in [2.05, 4.69) is 79.8 Å². The Hall–Kier alpha value is -1.94. The average molecular weight is 666 g/mol. The van der Waals surface area contributed by atoms with Gasteiger partial charge in [0, 0.05) is 25.7 Å². The minimum atomic E-state index is -2.18. The Bertz CT molecular complexity index is 971. The first kappa shape index (κ1) is 42.1. The molecule has 0 radical (unpaired) electrons. The minimum Gasteiger partial charge on any atom is -0.458 e. The highest BCUT2D eigenvalue weighted by atomic mass is 28.4. The number of benzene rings is 1. The van der Waals surface area contributed by atoms with Gasteiger partial charge in [0.2, 0.25) is 0 Å². The second-order valence-corrected chi connectivity index (χ2v) is 20.5. The Labute approximate surface area is 282 Å². The maximum Gasteiger partial charge on any atom is 0.408 e. The van der Waals surface area contributed by atoms with Crippen molar-refractivity contribution in [3.05, 3.63) is 35.9 Å². The van der Waals surface area contributed by atoms with Gasteiger partial charge >= 0.3 is 12.1 Å². The summed E-state index contributed by atoms with van der Waals surface area (Å²) in [6.45, 7) is 28.7. The zero-order chi connectivity index (χ0) is 35.1. The lowest BCUT2D eigenvalue weighted by molar-refractivity contribution is -0.165. The standard InChI is InChI=1S/C37H67NO7Si/c1-14-15-21-41-25-33(38-36(40)45-37(11,12)13)35(39)44-30(10)34(42-23-26(2)3)32(22-31-19-17-16-18-20-31)24-43-46(27(4)5,28(6)7)29(8)9/h16-20,26-30,32-34H,14-15,21-25H2,1-13H3,(H,38,40)/t30-,32-,33-,34-/m0/s1. The number of esters is 1. The van der Waals surface area contributed by atoms with E-state index in [1.807, 2.05) is 25.1 Å². The lowest BCUT2D eigenvalue weighted by Gasteiger charge is -2.44. The van der Waals surface area contributed by atoms with Gasteiger partial charge in [0.1, 0.15) is 11.7 Å². The number of hydrogen-bond acceptors (Lipinski definition) is 7. The third-order valence-corrected chi connectivity index (χ3v) is 14.4. The third kappa shape index (κ3) is 14.4. The molecule has 0 aliphatic heterocycles. The highest BCUT2D eigenvalue weighted by molar-refractivity contribution is 6.77. The summed E-state index contributed by atoms with van der Waals surface area (Å²) < 4.78 is 31.1. The lowest BCUT2D eigenvalue weighted by Crippen LogP contribution is -2.51. The van der Waals surface area contributed by atoms with Crippen molar-refractivity contribution in [1.82, 2.24) is 5.32 Å². The molecule has 0 aromatic heterocycles. The lowest BCUT2D eigenvalue weighted by atomic mass is 9.91. The van der Waals surface area contributed by atoms with Crippen molar-refractivity contribution < 1.29 is 33.0 Å². The quantitative estimate of drug-likeness (QED) is 0.0798. The molecule has 0 spiro atoms. The van der Waals surface area contributed by atoms with Gasteiger partial charge in [-0.25, -0.2) is 9.59 Å². The minimum absolute atomic E-state index is 0.00977. The number of nitrogens with one attached hydrogen (secondary N) is 1. The summed E-state index contributed by atoms with van der Waals surface area (Å²) in [6, 6.07) is 9.32. The van der Waals surface area contributed by atoms with Gasteiger partial charge in [-0.05, 0) is 68.6 Å². The third-order valence-electron chi connectivity index (χ3n) is 8.35. The van der Waals surface area contributed by atoms with E-state index >= 15 is 0 Å². The van der Waals surface area contributed by atoms with Gasteiger partial charge in [-0.15, -0.1) is 0 Å². The van der Waals surface area contributed by atoms with Crippen LogP contribution in [0.5, 0.6) is 0 Å². The van der Waals surface area contributed by atoms with Gasteiger partial charge in [-0.1, -0.05) is 99.1 Å². The van der Waals surface area contributed by atoms with Gasteiger partial charge in [-0.3, -0.25) is 0 Å². The van der Waals surface area contributed by atoms with E-state index in [-0.39, 0.29) is 18.4 Å². The van der Waals surface area contributed by atoms with Crippen molar-refractivity contribution in [3.63, 3.8) is 0 Å². The zero-order valence-electron chi connectivity index (χ0n) is 31.3. The molecular weight excluding hydrogens is 598 g/mol. The smallest absolute Gasteiger partial charge is 0.408 e. The maximum absolute atomic E-state index is 13.7. The Kier molecular flexibility index (Phi) is 18.7. The van der Waals surface area contributed by atoms with E-state index in [0.717, 1.165) is 12.8 Å². The van der Waals surface area contributed by atoms with Crippen LogP contribution in [0.25, 0.3) is 0 Å². The average Bonchev–Trinajstić information content (AvgIpc) is 2.93. The molecule has 46 heavy (non-hydrogen) atoms. The molecule has 0 saturated carbocycles. The van der Waals surface area contributed by atoms with Crippen LogP contribution in [-0.2, 0) is 34.6 Å². The van der Waals surface area contributed by atoms with Crippen molar-refractivity contribution >= 4 is 20.4 Å². The summed E-state index contributed by atoms with van der Waals surface area (Å²) in [7, 11) is -2.18. The summed E-state index contributed by atoms with van der Waals surface area (Å²) in [5.41, 5.74) is 1.76. The van der Waals surface area contributed by atoms with E-state index in [9.17, 15) is 9.59 Å². The second-order valence-electron chi connectivity index (χ2n) is 15.0. The molecule has 9 heteroatoms. The molecular formula is C37H67NO7Si. The first-order valence-corrected chi connectivity index (χ1v) is 19.7. The highest BCUT2D eigenvalue weighted by Gasteiger charge is 2.46. The maximum atomic E-state index is 13.7. The topological polar surface area (TPSA) is 92.3 Å². The fourth-order valence-electron chi connectivity index (χ4n) is 6.30. The number of unbranched alkanes of at least 4 members (excludes halogenated alkanes) is 1. The molecule has 0 aliphatic rings. The molecule has 1 N–H and O–H groups in total. The van der Waals surface area contributed by atoms with Crippen molar-refractivity contribution in [2.75, 3.05) is 26.4 Å². The van der Waals surface area contributed by atoms with Crippen molar-refractivity contribution in [2.24, 2.45) is 11.8 Å². The first-order chi connectivity index (χ1) is 21.4. The van der Waals surface area contributed by atoms with Gasteiger partial charge in [0.25, 0.3) is 0 Å². The summed E-state index contributed by atoms with van der Waals surface area (Å²) >= 11 is 0. The number of carbonyl (C=O) groups is 2. The van der Waals surface area contributed by atoms with Crippen LogP contribution in [0, 0.1) is 11.8 Å². The van der Waals surface area contributed by atoms with Crippen molar-refractivity contribution in [1.29, 1.82) is 0 Å². The molecule has 0 heterocycles. The van der Waals surface area contributed by atoms with Gasteiger partial charge in [-0.2, -0.15) is 0 Å². The molecule has 0 unspecified atom stereocenters. The summed E-state index contributed by atoms with van der Waals surface area (Å²) in [4.78, 5) is 26.4. The van der Waals surface area contributed by atoms with E-state index in [1.54, 1.807) is 20.8 Å². The van der Waals surface area contributed by atoms with Gasteiger partial charge < -0.3 is 28.7 Å². The van der Waals surface area contributed by atoms with Gasteiger partial charge in [0.15, 0.2) is 14.4 Å². The van der Waals surface area contributed by atoms with Crippen LogP contribution in [-0.4, -0.2) is 70.7 Å². The van der Waals surface area contributed by atoms with Crippen LogP contribution in [0.1, 0.15) is 108 Å². The highest BCUT2D eigenvalue weighted by Crippen LogP contribution is 2.43. The van der Waals surface area contributed by atoms with E-state index in [0.29, 0.717) is 42.9 Å². The van der Waals surface area contributed by atoms with Gasteiger partial charge in [0.05, 0.1) is 12.7 Å².